The molecule has 1 fully saturated rings. The Morgan fingerprint density at radius 3 is 1.86 bits per heavy atom. The predicted molar refractivity (Wildman–Crippen MR) is 87.9 cm³/mol. The SMILES string of the molecule is Fc1ccc(CNCc2ccc(CN3CCCC3)cc2)cc1. The van der Waals surface area contributed by atoms with Crippen molar-refractivity contribution in [2.24, 2.45) is 0 Å². The molecule has 22 heavy (non-hydrogen) atoms. The first-order valence-corrected chi connectivity index (χ1v) is 8.05. The molecule has 2 nitrogen and oxygen atoms in total. The average Bonchev–Trinajstić information content (AvgIpc) is 3.04. The van der Waals surface area contributed by atoms with Crippen LogP contribution in [-0.4, -0.2) is 18.0 Å². The molecule has 0 spiro atoms. The van der Waals surface area contributed by atoms with Crippen LogP contribution in [-0.2, 0) is 19.6 Å². The van der Waals surface area contributed by atoms with Gasteiger partial charge in [-0.25, -0.2) is 4.39 Å². The number of hydrogen-bond donors (Lipinski definition) is 1. The van der Waals surface area contributed by atoms with Crippen molar-refractivity contribution in [2.45, 2.75) is 32.5 Å². The minimum atomic E-state index is -0.183. The van der Waals surface area contributed by atoms with Crippen molar-refractivity contribution < 1.29 is 4.39 Å². The van der Waals surface area contributed by atoms with Gasteiger partial charge in [0, 0.05) is 19.6 Å². The van der Waals surface area contributed by atoms with E-state index in [4.69, 9.17) is 0 Å². The number of rotatable bonds is 6. The number of benzene rings is 2. The molecular weight excluding hydrogens is 275 g/mol. The third-order valence-corrected chi connectivity index (χ3v) is 4.20. The van der Waals surface area contributed by atoms with Gasteiger partial charge in [0.15, 0.2) is 0 Å². The first kappa shape index (κ1) is 15.2. The van der Waals surface area contributed by atoms with E-state index in [0.717, 1.165) is 25.2 Å². The van der Waals surface area contributed by atoms with Gasteiger partial charge < -0.3 is 5.32 Å². The fraction of sp³-hybridized carbons (Fsp3) is 0.368. The van der Waals surface area contributed by atoms with Crippen LogP contribution in [0.2, 0.25) is 0 Å². The Balaban J connectivity index is 1.45. The monoisotopic (exact) mass is 298 g/mol. The second-order valence-electron chi connectivity index (χ2n) is 6.03. The van der Waals surface area contributed by atoms with E-state index >= 15 is 0 Å². The molecule has 0 aliphatic carbocycles. The molecular formula is C19H23FN2. The molecule has 2 aromatic rings. The summed E-state index contributed by atoms with van der Waals surface area (Å²) in [5, 5.41) is 3.40. The normalized spacial score (nSPS) is 15.3. The van der Waals surface area contributed by atoms with Crippen molar-refractivity contribution in [1.29, 1.82) is 0 Å². The van der Waals surface area contributed by atoms with Crippen LogP contribution in [0.4, 0.5) is 4.39 Å². The molecule has 1 saturated heterocycles. The third-order valence-electron chi connectivity index (χ3n) is 4.20. The molecule has 0 unspecified atom stereocenters. The lowest BCUT2D eigenvalue weighted by atomic mass is 10.1. The maximum Gasteiger partial charge on any atom is 0.123 e. The highest BCUT2D eigenvalue weighted by molar-refractivity contribution is 5.23. The van der Waals surface area contributed by atoms with Gasteiger partial charge in [-0.1, -0.05) is 36.4 Å². The maximum atomic E-state index is 12.8. The van der Waals surface area contributed by atoms with Gasteiger partial charge >= 0.3 is 0 Å². The van der Waals surface area contributed by atoms with Crippen LogP contribution in [0.1, 0.15) is 29.5 Å². The Bertz CT molecular complexity index is 571. The van der Waals surface area contributed by atoms with Crippen molar-refractivity contribution in [3.05, 3.63) is 71.0 Å². The third kappa shape index (κ3) is 4.39. The minimum Gasteiger partial charge on any atom is -0.309 e. The second-order valence-corrected chi connectivity index (χ2v) is 6.03. The molecule has 0 amide bonds. The van der Waals surface area contributed by atoms with E-state index in [2.05, 4.69) is 34.5 Å². The van der Waals surface area contributed by atoms with Crippen molar-refractivity contribution in [3.8, 4) is 0 Å². The topological polar surface area (TPSA) is 15.3 Å². The standard InChI is InChI=1S/C19H23FN2/c20-19-9-7-17(8-10-19)14-21-13-16-3-5-18(6-4-16)15-22-11-1-2-12-22/h3-10,21H,1-2,11-15H2. The summed E-state index contributed by atoms with van der Waals surface area (Å²) in [7, 11) is 0. The molecule has 0 atom stereocenters. The first-order valence-electron chi connectivity index (χ1n) is 8.05. The van der Waals surface area contributed by atoms with Crippen molar-refractivity contribution in [3.63, 3.8) is 0 Å². The molecule has 3 rings (SSSR count). The zero-order valence-corrected chi connectivity index (χ0v) is 12.9. The number of nitrogens with one attached hydrogen (secondary N) is 1. The second kappa shape index (κ2) is 7.52. The molecule has 0 bridgehead atoms. The molecule has 1 N–H and O–H groups in total. The summed E-state index contributed by atoms with van der Waals surface area (Å²) in [6.45, 7) is 5.14. The lowest BCUT2D eigenvalue weighted by molar-refractivity contribution is 0.331. The first-order chi connectivity index (χ1) is 10.8. The Hall–Kier alpha value is -1.71. The number of likely N-dealkylation sites (tertiary alicyclic amines) is 1. The lowest BCUT2D eigenvalue weighted by Crippen LogP contribution is -2.18. The van der Waals surface area contributed by atoms with Gasteiger partial charge in [0.2, 0.25) is 0 Å². The van der Waals surface area contributed by atoms with E-state index in [1.165, 1.54) is 49.2 Å². The lowest BCUT2D eigenvalue weighted by Gasteiger charge is -2.14. The van der Waals surface area contributed by atoms with E-state index < -0.39 is 0 Å². The Labute approximate surface area is 132 Å². The van der Waals surface area contributed by atoms with Crippen LogP contribution >= 0.6 is 0 Å². The van der Waals surface area contributed by atoms with Gasteiger partial charge in [-0.3, -0.25) is 4.90 Å². The highest BCUT2D eigenvalue weighted by Crippen LogP contribution is 2.13. The Morgan fingerprint density at radius 2 is 1.27 bits per heavy atom. The van der Waals surface area contributed by atoms with Gasteiger partial charge in [-0.05, 0) is 54.8 Å². The highest BCUT2D eigenvalue weighted by atomic mass is 19.1. The van der Waals surface area contributed by atoms with Crippen LogP contribution in [0.5, 0.6) is 0 Å². The summed E-state index contributed by atoms with van der Waals surface area (Å²) < 4.78 is 12.8. The van der Waals surface area contributed by atoms with Crippen molar-refractivity contribution in [1.82, 2.24) is 10.2 Å². The highest BCUT2D eigenvalue weighted by Gasteiger charge is 2.11. The van der Waals surface area contributed by atoms with Crippen molar-refractivity contribution >= 4 is 0 Å². The molecule has 2 aromatic carbocycles. The quantitative estimate of drug-likeness (QED) is 0.874. The summed E-state index contributed by atoms with van der Waals surface area (Å²) in [5.74, 6) is -0.183. The van der Waals surface area contributed by atoms with E-state index in [1.54, 1.807) is 0 Å². The molecule has 1 aliphatic rings. The van der Waals surface area contributed by atoms with E-state index in [1.807, 2.05) is 12.1 Å². The Morgan fingerprint density at radius 1 is 0.773 bits per heavy atom. The van der Waals surface area contributed by atoms with Crippen LogP contribution in [0.15, 0.2) is 48.5 Å². The van der Waals surface area contributed by atoms with E-state index in [-0.39, 0.29) is 5.82 Å². The molecule has 0 radical (unpaired) electrons. The molecule has 0 saturated carbocycles. The van der Waals surface area contributed by atoms with Crippen LogP contribution < -0.4 is 5.32 Å². The van der Waals surface area contributed by atoms with Crippen molar-refractivity contribution in [2.75, 3.05) is 13.1 Å². The van der Waals surface area contributed by atoms with Crippen LogP contribution in [0.25, 0.3) is 0 Å². The largest absolute Gasteiger partial charge is 0.309 e. The minimum absolute atomic E-state index is 0.183. The molecule has 0 aromatic heterocycles. The molecule has 1 heterocycles. The van der Waals surface area contributed by atoms with Crippen LogP contribution in [0, 0.1) is 5.82 Å². The van der Waals surface area contributed by atoms with Gasteiger partial charge in [0.1, 0.15) is 5.82 Å². The summed E-state index contributed by atoms with van der Waals surface area (Å²) >= 11 is 0. The van der Waals surface area contributed by atoms with E-state index in [9.17, 15) is 4.39 Å². The van der Waals surface area contributed by atoms with Gasteiger partial charge in [0.25, 0.3) is 0 Å². The fourth-order valence-corrected chi connectivity index (χ4v) is 2.91. The molecule has 3 heteroatoms. The molecule has 1 aliphatic heterocycles. The van der Waals surface area contributed by atoms with Crippen LogP contribution in [0.3, 0.4) is 0 Å². The fourth-order valence-electron chi connectivity index (χ4n) is 2.91. The zero-order valence-electron chi connectivity index (χ0n) is 12.9. The van der Waals surface area contributed by atoms with Gasteiger partial charge in [0.05, 0.1) is 0 Å². The van der Waals surface area contributed by atoms with Gasteiger partial charge in [-0.15, -0.1) is 0 Å². The van der Waals surface area contributed by atoms with Gasteiger partial charge in [-0.2, -0.15) is 0 Å². The zero-order chi connectivity index (χ0) is 15.2. The average molecular weight is 298 g/mol. The summed E-state index contributed by atoms with van der Waals surface area (Å²) in [4.78, 5) is 2.52. The number of hydrogen-bond acceptors (Lipinski definition) is 2. The number of halogens is 1. The Kier molecular flexibility index (Phi) is 5.20. The summed E-state index contributed by atoms with van der Waals surface area (Å²) in [6, 6.07) is 15.5. The smallest absolute Gasteiger partial charge is 0.123 e. The predicted octanol–water partition coefficient (Wildman–Crippen LogP) is 3.71. The summed E-state index contributed by atoms with van der Waals surface area (Å²) in [6.07, 6.45) is 2.68. The molecule has 116 valence electrons. The van der Waals surface area contributed by atoms with E-state index in [0.29, 0.717) is 0 Å². The summed E-state index contributed by atoms with van der Waals surface area (Å²) in [5.41, 5.74) is 3.78. The number of nitrogens with zero attached hydrogens (tertiary/aromatic N) is 1. The maximum absolute atomic E-state index is 12.8.